The number of benzene rings is 1. The Morgan fingerprint density at radius 1 is 1.33 bits per heavy atom. The van der Waals surface area contributed by atoms with E-state index in [0.717, 1.165) is 11.3 Å². The number of nitrogens with one attached hydrogen (secondary N) is 2. The van der Waals surface area contributed by atoms with Crippen molar-refractivity contribution in [2.24, 2.45) is 0 Å². The van der Waals surface area contributed by atoms with E-state index < -0.39 is 11.9 Å². The molecule has 0 unspecified atom stereocenters. The van der Waals surface area contributed by atoms with Gasteiger partial charge in [0.25, 0.3) is 5.91 Å². The molecule has 0 aliphatic rings. The Hall–Kier alpha value is -2.06. The van der Waals surface area contributed by atoms with Crippen molar-refractivity contribution in [2.45, 2.75) is 0 Å². The zero-order valence-electron chi connectivity index (χ0n) is 8.80. The maximum absolute atomic E-state index is 11.9. The Bertz CT molecular complexity index is 662. The van der Waals surface area contributed by atoms with E-state index >= 15 is 0 Å². The zero-order valence-corrected chi connectivity index (χ0v) is 10.4. The van der Waals surface area contributed by atoms with Gasteiger partial charge in [0.1, 0.15) is 0 Å². The first-order valence-corrected chi connectivity index (χ1v) is 5.97. The highest BCUT2D eigenvalue weighted by atomic mass is 32.1. The number of hydrogen-bond donors (Lipinski definition) is 2. The molecule has 1 amide bonds. The molecule has 18 heavy (non-hydrogen) atoms. The van der Waals surface area contributed by atoms with Gasteiger partial charge in [0.15, 0.2) is 3.95 Å². The van der Waals surface area contributed by atoms with Crippen molar-refractivity contribution < 1.29 is 14.7 Å². The summed E-state index contributed by atoms with van der Waals surface area (Å²) in [5.41, 5.74) is -0.159. The average molecular weight is 280 g/mol. The fraction of sp³-hybridized carbons (Fsp3) is 0. The van der Waals surface area contributed by atoms with Crippen molar-refractivity contribution in [3.63, 3.8) is 0 Å². The van der Waals surface area contributed by atoms with Gasteiger partial charge in [-0.15, -0.1) is 5.10 Å². The van der Waals surface area contributed by atoms with Gasteiger partial charge in [-0.1, -0.05) is 29.5 Å². The number of carbonyl (C=O) groups excluding carboxylic acids is 2. The van der Waals surface area contributed by atoms with E-state index in [-0.39, 0.29) is 16.3 Å². The van der Waals surface area contributed by atoms with Crippen LogP contribution < -0.4 is 10.4 Å². The summed E-state index contributed by atoms with van der Waals surface area (Å²) < 4.78 is 0.415. The molecule has 0 radical (unpaired) electrons. The fourth-order valence-electron chi connectivity index (χ4n) is 1.31. The average Bonchev–Trinajstić information content (AvgIpc) is 2.74. The van der Waals surface area contributed by atoms with Gasteiger partial charge in [-0.05, 0) is 18.3 Å². The molecule has 1 heterocycles. The van der Waals surface area contributed by atoms with Gasteiger partial charge < -0.3 is 9.90 Å². The first-order valence-electron chi connectivity index (χ1n) is 4.75. The third kappa shape index (κ3) is 2.60. The monoisotopic (exact) mass is 280 g/mol. The van der Waals surface area contributed by atoms with E-state index in [1.165, 1.54) is 18.2 Å². The zero-order chi connectivity index (χ0) is 13.1. The van der Waals surface area contributed by atoms with Crippen LogP contribution in [0.25, 0.3) is 0 Å². The number of aromatic amines is 1. The van der Waals surface area contributed by atoms with Crippen LogP contribution in [0.15, 0.2) is 24.3 Å². The first-order chi connectivity index (χ1) is 8.58. The summed E-state index contributed by atoms with van der Waals surface area (Å²) in [7, 11) is 0. The lowest BCUT2D eigenvalue weighted by molar-refractivity contribution is -0.255. The molecule has 0 saturated carbocycles. The molecule has 0 saturated heterocycles. The van der Waals surface area contributed by atoms with Crippen LogP contribution in [0.1, 0.15) is 20.7 Å². The highest BCUT2D eigenvalue weighted by Crippen LogP contribution is 2.14. The maximum atomic E-state index is 11.9. The Labute approximate surface area is 110 Å². The molecule has 6 nitrogen and oxygen atoms in total. The number of carboxylic acid groups (broad SMARTS) is 1. The Morgan fingerprint density at radius 2 is 2.00 bits per heavy atom. The molecule has 0 spiro atoms. The van der Waals surface area contributed by atoms with Gasteiger partial charge in [-0.2, -0.15) is 0 Å². The molecule has 0 atom stereocenters. The number of carbonyl (C=O) groups is 2. The van der Waals surface area contributed by atoms with Gasteiger partial charge >= 0.3 is 0 Å². The second-order valence-corrected chi connectivity index (χ2v) is 4.87. The van der Waals surface area contributed by atoms with Crippen LogP contribution in [0.5, 0.6) is 0 Å². The molecule has 1 aromatic heterocycles. The van der Waals surface area contributed by atoms with E-state index in [4.69, 9.17) is 12.2 Å². The van der Waals surface area contributed by atoms with Crippen LogP contribution in [0.3, 0.4) is 0 Å². The van der Waals surface area contributed by atoms with E-state index in [0.29, 0.717) is 3.95 Å². The molecule has 92 valence electrons. The number of hydrogen-bond acceptors (Lipinski definition) is 6. The predicted octanol–water partition coefficient (Wildman–Crippen LogP) is 0.816. The molecule has 2 N–H and O–H groups in total. The minimum Gasteiger partial charge on any atom is -0.545 e. The van der Waals surface area contributed by atoms with Gasteiger partial charge in [0, 0.05) is 11.1 Å². The van der Waals surface area contributed by atoms with Crippen molar-refractivity contribution in [3.8, 4) is 0 Å². The normalized spacial score (nSPS) is 10.0. The summed E-state index contributed by atoms with van der Waals surface area (Å²) in [6, 6.07) is 5.78. The van der Waals surface area contributed by atoms with Crippen LogP contribution in [-0.2, 0) is 0 Å². The Balaban J connectivity index is 2.29. The predicted molar refractivity (Wildman–Crippen MR) is 66.0 cm³/mol. The molecule has 2 rings (SSSR count). The van der Waals surface area contributed by atoms with Crippen molar-refractivity contribution in [1.29, 1.82) is 0 Å². The molecule has 0 fully saturated rings. The summed E-state index contributed by atoms with van der Waals surface area (Å²) in [5.74, 6) is -1.98. The smallest absolute Gasteiger partial charge is 0.258 e. The van der Waals surface area contributed by atoms with Gasteiger partial charge in [-0.25, -0.2) is 0 Å². The van der Waals surface area contributed by atoms with E-state index in [1.54, 1.807) is 6.07 Å². The molecule has 0 bridgehead atoms. The summed E-state index contributed by atoms with van der Waals surface area (Å²) in [6.07, 6.45) is 0. The molecule has 0 aliphatic carbocycles. The SMILES string of the molecule is O=C([O-])c1ccccc1C(=O)Nc1n[nH]c(=S)s1. The lowest BCUT2D eigenvalue weighted by Gasteiger charge is -2.08. The second kappa shape index (κ2) is 5.07. The van der Waals surface area contributed by atoms with E-state index in [1.807, 2.05) is 0 Å². The molecule has 2 aromatic rings. The quantitative estimate of drug-likeness (QED) is 0.811. The summed E-state index contributed by atoms with van der Waals surface area (Å²) in [4.78, 5) is 22.7. The van der Waals surface area contributed by atoms with Crippen LogP contribution in [0, 0.1) is 3.95 Å². The maximum Gasteiger partial charge on any atom is 0.258 e. The summed E-state index contributed by atoms with van der Waals surface area (Å²) >= 11 is 5.89. The second-order valence-electron chi connectivity index (χ2n) is 3.21. The van der Waals surface area contributed by atoms with Crippen molar-refractivity contribution in [2.75, 3.05) is 5.32 Å². The number of aromatic nitrogens is 2. The van der Waals surface area contributed by atoms with Gasteiger partial charge in [-0.3, -0.25) is 15.2 Å². The van der Waals surface area contributed by atoms with Gasteiger partial charge in [0.2, 0.25) is 5.13 Å². The summed E-state index contributed by atoms with van der Waals surface area (Å²) in [6.45, 7) is 0. The number of rotatable bonds is 3. The van der Waals surface area contributed by atoms with E-state index in [2.05, 4.69) is 15.5 Å². The van der Waals surface area contributed by atoms with Crippen molar-refractivity contribution in [3.05, 3.63) is 39.3 Å². The van der Waals surface area contributed by atoms with Crippen molar-refractivity contribution >= 4 is 40.6 Å². The van der Waals surface area contributed by atoms with Crippen LogP contribution in [0.4, 0.5) is 5.13 Å². The van der Waals surface area contributed by atoms with Crippen LogP contribution in [0.2, 0.25) is 0 Å². The molecular weight excluding hydrogens is 274 g/mol. The largest absolute Gasteiger partial charge is 0.545 e. The van der Waals surface area contributed by atoms with Crippen LogP contribution in [-0.4, -0.2) is 22.1 Å². The number of amides is 1. The summed E-state index contributed by atoms with van der Waals surface area (Å²) in [5, 5.41) is 19.8. The highest BCUT2D eigenvalue weighted by molar-refractivity contribution is 7.73. The minimum absolute atomic E-state index is 0.0126. The van der Waals surface area contributed by atoms with Gasteiger partial charge in [0.05, 0.1) is 5.97 Å². The van der Waals surface area contributed by atoms with E-state index in [9.17, 15) is 14.7 Å². The fourth-order valence-corrected chi connectivity index (χ4v) is 2.09. The Kier molecular flexibility index (Phi) is 3.49. The third-order valence-electron chi connectivity index (χ3n) is 2.05. The number of anilines is 1. The molecule has 0 aliphatic heterocycles. The number of carboxylic acids is 1. The Morgan fingerprint density at radius 3 is 2.56 bits per heavy atom. The molecular formula is C10H6N3O3S2-. The lowest BCUT2D eigenvalue weighted by atomic mass is 10.1. The lowest BCUT2D eigenvalue weighted by Crippen LogP contribution is -2.26. The van der Waals surface area contributed by atoms with Crippen molar-refractivity contribution in [1.82, 2.24) is 10.2 Å². The first kappa shape index (κ1) is 12.4. The topological polar surface area (TPSA) is 97.9 Å². The van der Waals surface area contributed by atoms with Crippen LogP contribution >= 0.6 is 23.6 Å². The number of nitrogens with zero attached hydrogens (tertiary/aromatic N) is 1. The number of aromatic carboxylic acids is 1. The molecule has 1 aromatic carbocycles. The highest BCUT2D eigenvalue weighted by Gasteiger charge is 2.12. The standard InChI is InChI=1S/C10H7N3O3S2/c14-7(11-9-12-13-10(17)18-9)5-3-1-2-4-6(5)8(15)16/h1-4H,(H,13,17)(H,15,16)(H,11,12,14)/p-1. The third-order valence-corrected chi connectivity index (χ3v) is 3.05. The minimum atomic E-state index is -1.41. The molecule has 8 heteroatoms. The number of H-pyrrole nitrogens is 1.